The van der Waals surface area contributed by atoms with Gasteiger partial charge in [0.05, 0.1) is 18.0 Å². The van der Waals surface area contributed by atoms with E-state index in [0.29, 0.717) is 22.5 Å². The molecule has 26 heavy (non-hydrogen) atoms. The van der Waals surface area contributed by atoms with Gasteiger partial charge in [0, 0.05) is 0 Å². The third-order valence-electron chi connectivity index (χ3n) is 4.04. The number of hydrogen-bond donors (Lipinski definition) is 3. The molecule has 9 nitrogen and oxygen atoms in total. The van der Waals surface area contributed by atoms with Crippen LogP contribution in [0.2, 0.25) is 0 Å². The Hall–Kier alpha value is -2.81. The molecule has 2 amide bonds. The van der Waals surface area contributed by atoms with E-state index in [0.717, 1.165) is 24.8 Å². The minimum atomic E-state index is -0.542. The summed E-state index contributed by atoms with van der Waals surface area (Å²) >= 11 is 0. The molecule has 0 bridgehead atoms. The van der Waals surface area contributed by atoms with Crippen molar-refractivity contribution in [2.24, 2.45) is 5.92 Å². The van der Waals surface area contributed by atoms with E-state index in [4.69, 9.17) is 0 Å². The summed E-state index contributed by atoms with van der Waals surface area (Å²) in [6, 6.07) is 5.60. The number of fused-ring (bicyclic) bond motifs is 1. The van der Waals surface area contributed by atoms with Gasteiger partial charge in [-0.2, -0.15) is 0 Å². The predicted molar refractivity (Wildman–Crippen MR) is 96.0 cm³/mol. The summed E-state index contributed by atoms with van der Waals surface area (Å²) < 4.78 is 0. The highest BCUT2D eigenvalue weighted by Gasteiger charge is 2.20. The summed E-state index contributed by atoms with van der Waals surface area (Å²) in [5.41, 5.74) is 7.50. The lowest BCUT2D eigenvalue weighted by molar-refractivity contribution is -0.154. The summed E-state index contributed by atoms with van der Waals surface area (Å²) in [7, 11) is 0. The van der Waals surface area contributed by atoms with Gasteiger partial charge in [0.15, 0.2) is 0 Å². The lowest BCUT2D eigenvalue weighted by atomic mass is 10.0. The maximum atomic E-state index is 12.4. The van der Waals surface area contributed by atoms with Gasteiger partial charge in [-0.3, -0.25) is 25.6 Å². The van der Waals surface area contributed by atoms with Crippen molar-refractivity contribution < 1.29 is 14.8 Å². The fourth-order valence-electron chi connectivity index (χ4n) is 2.59. The molecular formula is C17H24N6O3. The zero-order valence-electron chi connectivity index (χ0n) is 15.0. The Morgan fingerprint density at radius 3 is 2.88 bits per heavy atom. The van der Waals surface area contributed by atoms with Gasteiger partial charge in [-0.15, -0.1) is 10.2 Å². The van der Waals surface area contributed by atoms with E-state index < -0.39 is 5.92 Å². The quantitative estimate of drug-likeness (QED) is 0.256. The van der Waals surface area contributed by atoms with Crippen LogP contribution in [-0.4, -0.2) is 44.3 Å². The van der Waals surface area contributed by atoms with E-state index in [-0.39, 0.29) is 24.8 Å². The van der Waals surface area contributed by atoms with E-state index in [1.165, 1.54) is 0 Å². The average Bonchev–Trinajstić information content (AvgIpc) is 2.65. The molecule has 140 valence electrons. The number of benzene rings is 1. The minimum absolute atomic E-state index is 0.0728. The van der Waals surface area contributed by atoms with Gasteiger partial charge in [0.1, 0.15) is 5.52 Å². The Morgan fingerprint density at radius 1 is 1.35 bits per heavy atom. The molecular weight excluding hydrogens is 336 g/mol. The van der Waals surface area contributed by atoms with Crippen LogP contribution in [-0.2, 0) is 9.59 Å². The van der Waals surface area contributed by atoms with Crippen molar-refractivity contribution in [3.8, 4) is 0 Å². The molecule has 0 radical (unpaired) electrons. The van der Waals surface area contributed by atoms with Gasteiger partial charge < -0.3 is 0 Å². The van der Waals surface area contributed by atoms with Crippen LogP contribution in [0.15, 0.2) is 18.2 Å². The molecule has 2 aromatic rings. The second-order valence-electron chi connectivity index (χ2n) is 6.11. The third-order valence-corrected chi connectivity index (χ3v) is 4.04. The summed E-state index contributed by atoms with van der Waals surface area (Å²) in [5.74, 6) is -0.724. The molecule has 1 aromatic carbocycles. The van der Waals surface area contributed by atoms with Gasteiger partial charge in [-0.25, -0.2) is 10.0 Å². The largest absolute Gasteiger partial charge is 0.286 e. The monoisotopic (exact) mass is 360 g/mol. The van der Waals surface area contributed by atoms with E-state index in [1.807, 2.05) is 25.1 Å². The highest BCUT2D eigenvalue weighted by molar-refractivity contribution is 5.81. The van der Waals surface area contributed by atoms with E-state index in [1.54, 1.807) is 0 Å². The Bertz CT molecular complexity index is 754. The first-order valence-electron chi connectivity index (χ1n) is 8.61. The summed E-state index contributed by atoms with van der Waals surface area (Å²) in [6.45, 7) is 3.90. The summed E-state index contributed by atoms with van der Waals surface area (Å²) in [4.78, 5) is 27.4. The maximum Gasteiger partial charge on any atom is 0.262 e. The normalized spacial score (nSPS) is 11.8. The van der Waals surface area contributed by atoms with E-state index in [2.05, 4.69) is 33.0 Å². The molecule has 0 fully saturated rings. The van der Waals surface area contributed by atoms with Crippen LogP contribution < -0.4 is 10.9 Å². The summed E-state index contributed by atoms with van der Waals surface area (Å²) in [6.07, 6.45) is 3.66. The molecule has 0 aliphatic rings. The van der Waals surface area contributed by atoms with Crippen molar-refractivity contribution in [1.82, 2.24) is 25.7 Å². The van der Waals surface area contributed by atoms with Crippen LogP contribution in [0, 0.1) is 12.8 Å². The molecule has 0 saturated carbocycles. The smallest absolute Gasteiger partial charge is 0.262 e. The number of hydrogen-bond acceptors (Lipinski definition) is 7. The number of aryl methyl sites for hydroxylation is 1. The van der Waals surface area contributed by atoms with Crippen molar-refractivity contribution in [2.75, 3.05) is 12.0 Å². The van der Waals surface area contributed by atoms with Crippen LogP contribution in [0.4, 0.5) is 5.95 Å². The van der Waals surface area contributed by atoms with Crippen LogP contribution in [0.3, 0.4) is 0 Å². The Labute approximate surface area is 151 Å². The second-order valence-corrected chi connectivity index (χ2v) is 6.11. The highest BCUT2D eigenvalue weighted by Crippen LogP contribution is 2.14. The minimum Gasteiger partial charge on any atom is -0.286 e. The maximum absolute atomic E-state index is 12.4. The molecule has 2 rings (SSSR count). The van der Waals surface area contributed by atoms with Gasteiger partial charge in [0.2, 0.25) is 12.3 Å². The lowest BCUT2D eigenvalue weighted by Crippen LogP contribution is -2.40. The molecule has 1 atom stereocenters. The number of hydroxylamine groups is 2. The molecule has 0 spiro atoms. The number of amides is 2. The van der Waals surface area contributed by atoms with Gasteiger partial charge in [-0.05, 0) is 25.0 Å². The van der Waals surface area contributed by atoms with E-state index >= 15 is 0 Å². The van der Waals surface area contributed by atoms with Crippen molar-refractivity contribution in [2.45, 2.75) is 39.5 Å². The first-order valence-corrected chi connectivity index (χ1v) is 8.61. The Balaban J connectivity index is 2.01. The van der Waals surface area contributed by atoms with Crippen molar-refractivity contribution in [1.29, 1.82) is 0 Å². The first kappa shape index (κ1) is 19.5. The number of rotatable bonds is 10. The topological polar surface area (TPSA) is 120 Å². The van der Waals surface area contributed by atoms with Crippen LogP contribution in [0.1, 0.15) is 38.2 Å². The van der Waals surface area contributed by atoms with Gasteiger partial charge in [-0.1, -0.05) is 38.3 Å². The summed E-state index contributed by atoms with van der Waals surface area (Å²) in [5, 5.41) is 17.9. The van der Waals surface area contributed by atoms with Gasteiger partial charge in [0.25, 0.3) is 5.95 Å². The average molecular weight is 360 g/mol. The van der Waals surface area contributed by atoms with Gasteiger partial charge >= 0.3 is 0 Å². The fraction of sp³-hybridized carbons (Fsp3) is 0.471. The standard InChI is InChI=1S/C17H24N6O3/c1-3-4-5-8-13(10-23(26)11-24)16(25)20-22-17-18-15-12(2)7-6-9-14(15)19-21-17/h6-7,9,11,13,26H,3-5,8,10H2,1-2H3,(H,20,25)(H,18,21,22). The van der Waals surface area contributed by atoms with Crippen LogP contribution >= 0.6 is 0 Å². The number of hydrazine groups is 1. The molecule has 0 saturated heterocycles. The molecule has 0 aliphatic carbocycles. The third kappa shape index (κ3) is 5.35. The molecule has 1 aromatic heterocycles. The molecule has 1 unspecified atom stereocenters. The molecule has 1 heterocycles. The Morgan fingerprint density at radius 2 is 2.15 bits per heavy atom. The van der Waals surface area contributed by atoms with Crippen molar-refractivity contribution >= 4 is 29.3 Å². The number of nitrogens with zero attached hydrogens (tertiary/aromatic N) is 4. The van der Waals surface area contributed by atoms with Crippen molar-refractivity contribution in [3.63, 3.8) is 0 Å². The highest BCUT2D eigenvalue weighted by atomic mass is 16.5. The lowest BCUT2D eigenvalue weighted by Gasteiger charge is -2.19. The number of anilines is 1. The predicted octanol–water partition coefficient (Wildman–Crippen LogP) is 1.82. The first-order chi connectivity index (χ1) is 12.5. The number of unbranched alkanes of at least 4 members (excludes halogenated alkanes) is 2. The van der Waals surface area contributed by atoms with Crippen molar-refractivity contribution in [3.05, 3.63) is 23.8 Å². The number of carbonyl (C=O) groups excluding carboxylic acids is 2. The SMILES string of the molecule is CCCCCC(CN(O)C=O)C(=O)NNc1nnc2cccc(C)c2n1. The van der Waals surface area contributed by atoms with Crippen LogP contribution in [0.25, 0.3) is 11.0 Å². The number of carbonyl (C=O) groups is 2. The zero-order chi connectivity index (χ0) is 18.9. The number of nitrogens with one attached hydrogen (secondary N) is 2. The second kappa shape index (κ2) is 9.62. The van der Waals surface area contributed by atoms with Crippen LogP contribution in [0.5, 0.6) is 0 Å². The van der Waals surface area contributed by atoms with E-state index in [9.17, 15) is 14.8 Å². The Kier molecular flexibility index (Phi) is 7.22. The molecule has 9 heteroatoms. The number of para-hydroxylation sites is 1. The molecule has 0 aliphatic heterocycles. The number of aromatic nitrogens is 3. The zero-order valence-corrected chi connectivity index (χ0v) is 15.0. The molecule has 3 N–H and O–H groups in total. The fourth-order valence-corrected chi connectivity index (χ4v) is 2.59.